The van der Waals surface area contributed by atoms with E-state index in [2.05, 4.69) is 24.1 Å². The quantitative estimate of drug-likeness (QED) is 0.768. The van der Waals surface area contributed by atoms with Crippen LogP contribution in [0.4, 0.5) is 0 Å². The van der Waals surface area contributed by atoms with Gasteiger partial charge in [-0.25, -0.2) is 0 Å². The van der Waals surface area contributed by atoms with Crippen molar-refractivity contribution in [1.82, 2.24) is 15.1 Å². The molecule has 0 aromatic heterocycles. The minimum atomic E-state index is -0.262. The number of ether oxygens (including phenoxy) is 1. The summed E-state index contributed by atoms with van der Waals surface area (Å²) >= 11 is 0. The minimum Gasteiger partial charge on any atom is -0.496 e. The number of hydrogen-bond donors (Lipinski definition) is 1. The number of carbonyl (C=O) groups excluding carboxylic acids is 2. The van der Waals surface area contributed by atoms with Gasteiger partial charge in [-0.2, -0.15) is 0 Å². The third kappa shape index (κ3) is 4.97. The first-order valence-corrected chi connectivity index (χ1v) is 9.18. The predicted molar refractivity (Wildman–Crippen MR) is 102 cm³/mol. The van der Waals surface area contributed by atoms with E-state index in [4.69, 9.17) is 4.74 Å². The highest BCUT2D eigenvalue weighted by atomic mass is 16.5. The number of amides is 2. The van der Waals surface area contributed by atoms with E-state index in [9.17, 15) is 9.59 Å². The van der Waals surface area contributed by atoms with E-state index in [-0.39, 0.29) is 23.8 Å². The molecule has 6 nitrogen and oxygen atoms in total. The zero-order valence-electron chi connectivity index (χ0n) is 16.5. The highest BCUT2D eigenvalue weighted by Gasteiger charge is 2.34. The van der Waals surface area contributed by atoms with Gasteiger partial charge in [-0.05, 0) is 26.1 Å². The van der Waals surface area contributed by atoms with E-state index in [1.807, 2.05) is 38.4 Å². The Morgan fingerprint density at radius 3 is 2.65 bits per heavy atom. The number of hydrogen-bond acceptors (Lipinski definition) is 4. The second kappa shape index (κ2) is 9.03. The molecular formula is C20H31N3O3. The number of nitrogens with one attached hydrogen (secondary N) is 1. The standard InChI is InChI=1S/C20H31N3O3/c1-14(2)12-23-13-15(10-19(23)24)20(25)21-11-17(22(3)4)16-8-6-7-9-18(16)26-5/h6-9,14-15,17H,10-13H2,1-5H3,(H,21,25)/t15-,17+/m1/s1. The lowest BCUT2D eigenvalue weighted by Gasteiger charge is -2.27. The summed E-state index contributed by atoms with van der Waals surface area (Å²) in [7, 11) is 5.61. The summed E-state index contributed by atoms with van der Waals surface area (Å²) in [5.41, 5.74) is 1.03. The molecular weight excluding hydrogens is 330 g/mol. The first kappa shape index (κ1) is 20.2. The van der Waals surface area contributed by atoms with Crippen molar-refractivity contribution in [1.29, 1.82) is 0 Å². The molecule has 2 rings (SSSR count). The number of carbonyl (C=O) groups is 2. The molecule has 6 heteroatoms. The first-order valence-electron chi connectivity index (χ1n) is 9.18. The maximum Gasteiger partial charge on any atom is 0.225 e. The van der Waals surface area contributed by atoms with E-state index in [1.165, 1.54) is 0 Å². The van der Waals surface area contributed by atoms with Gasteiger partial charge in [0.15, 0.2) is 0 Å². The number of benzene rings is 1. The Kier molecular flexibility index (Phi) is 7.03. The number of rotatable bonds is 8. The van der Waals surface area contributed by atoms with Crippen LogP contribution in [-0.2, 0) is 9.59 Å². The van der Waals surface area contributed by atoms with Crippen LogP contribution in [0.3, 0.4) is 0 Å². The van der Waals surface area contributed by atoms with Gasteiger partial charge in [0.2, 0.25) is 11.8 Å². The highest BCUT2D eigenvalue weighted by molar-refractivity contribution is 5.89. The Balaban J connectivity index is 1.99. The topological polar surface area (TPSA) is 61.9 Å². The van der Waals surface area contributed by atoms with Gasteiger partial charge < -0.3 is 19.9 Å². The van der Waals surface area contributed by atoms with E-state index in [0.717, 1.165) is 11.3 Å². The van der Waals surface area contributed by atoms with Crippen molar-refractivity contribution in [3.8, 4) is 5.75 Å². The van der Waals surface area contributed by atoms with Crippen LogP contribution in [0, 0.1) is 11.8 Å². The number of methoxy groups -OCH3 is 1. The summed E-state index contributed by atoms with van der Waals surface area (Å²) in [4.78, 5) is 28.6. The summed E-state index contributed by atoms with van der Waals surface area (Å²) in [6.07, 6.45) is 0.305. The normalized spacial score (nSPS) is 18.5. The van der Waals surface area contributed by atoms with Crippen molar-refractivity contribution in [2.45, 2.75) is 26.3 Å². The third-order valence-corrected chi connectivity index (χ3v) is 4.76. The summed E-state index contributed by atoms with van der Waals surface area (Å²) in [5.74, 6) is 0.977. The molecule has 26 heavy (non-hydrogen) atoms. The SMILES string of the molecule is COc1ccccc1[C@H](CNC(=O)[C@@H]1CC(=O)N(CC(C)C)C1)N(C)C. The second-order valence-corrected chi connectivity index (χ2v) is 7.56. The van der Waals surface area contributed by atoms with E-state index in [1.54, 1.807) is 12.0 Å². The molecule has 0 radical (unpaired) electrons. The molecule has 1 aliphatic heterocycles. The van der Waals surface area contributed by atoms with Crippen molar-refractivity contribution in [2.75, 3.05) is 40.8 Å². The van der Waals surface area contributed by atoms with Gasteiger partial charge in [0.05, 0.1) is 19.1 Å². The average molecular weight is 361 g/mol. The summed E-state index contributed by atoms with van der Waals surface area (Å²) in [5, 5.41) is 3.04. The Hall–Kier alpha value is -2.08. The molecule has 2 amide bonds. The van der Waals surface area contributed by atoms with Crippen molar-refractivity contribution in [2.24, 2.45) is 11.8 Å². The molecule has 1 aromatic carbocycles. The van der Waals surface area contributed by atoms with Gasteiger partial charge in [0.25, 0.3) is 0 Å². The average Bonchev–Trinajstić information content (AvgIpc) is 2.95. The maximum atomic E-state index is 12.6. The molecule has 1 N–H and O–H groups in total. The molecule has 0 saturated carbocycles. The molecule has 1 saturated heterocycles. The summed E-state index contributed by atoms with van der Waals surface area (Å²) in [6.45, 7) is 5.86. The van der Waals surface area contributed by atoms with Crippen molar-refractivity contribution >= 4 is 11.8 Å². The number of likely N-dealkylation sites (tertiary alicyclic amines) is 1. The molecule has 1 heterocycles. The fraction of sp³-hybridized carbons (Fsp3) is 0.600. The summed E-state index contributed by atoms with van der Waals surface area (Å²) in [6, 6.07) is 7.84. The van der Waals surface area contributed by atoms with Crippen LogP contribution in [0.2, 0.25) is 0 Å². The third-order valence-electron chi connectivity index (χ3n) is 4.76. The van der Waals surface area contributed by atoms with Gasteiger partial charge in [0.1, 0.15) is 5.75 Å². The van der Waals surface area contributed by atoms with Crippen LogP contribution < -0.4 is 10.1 Å². The van der Waals surface area contributed by atoms with Crippen LogP contribution >= 0.6 is 0 Å². The number of likely N-dealkylation sites (N-methyl/N-ethyl adjacent to an activating group) is 1. The first-order chi connectivity index (χ1) is 12.3. The van der Waals surface area contributed by atoms with Crippen molar-refractivity contribution in [3.05, 3.63) is 29.8 Å². The van der Waals surface area contributed by atoms with Crippen molar-refractivity contribution < 1.29 is 14.3 Å². The van der Waals surface area contributed by atoms with E-state index >= 15 is 0 Å². The van der Waals surface area contributed by atoms with E-state index in [0.29, 0.717) is 32.0 Å². The van der Waals surface area contributed by atoms with E-state index < -0.39 is 0 Å². The lowest BCUT2D eigenvalue weighted by molar-refractivity contribution is -0.129. The number of nitrogens with zero attached hydrogens (tertiary/aromatic N) is 2. The molecule has 0 aliphatic carbocycles. The van der Waals surface area contributed by atoms with Gasteiger partial charge in [-0.3, -0.25) is 9.59 Å². The van der Waals surface area contributed by atoms with Gasteiger partial charge in [-0.15, -0.1) is 0 Å². The zero-order chi connectivity index (χ0) is 19.3. The summed E-state index contributed by atoms with van der Waals surface area (Å²) < 4.78 is 5.46. The molecule has 0 bridgehead atoms. The Bertz CT molecular complexity index is 630. The smallest absolute Gasteiger partial charge is 0.225 e. The Labute approximate surface area is 156 Å². The number of para-hydroxylation sites is 1. The second-order valence-electron chi connectivity index (χ2n) is 7.56. The van der Waals surface area contributed by atoms with Crippen LogP contribution in [0.15, 0.2) is 24.3 Å². The molecule has 1 aromatic rings. The molecule has 0 spiro atoms. The minimum absolute atomic E-state index is 0.000952. The predicted octanol–water partition coefficient (Wildman–Crippen LogP) is 1.92. The zero-order valence-corrected chi connectivity index (χ0v) is 16.5. The Morgan fingerprint density at radius 2 is 2.04 bits per heavy atom. The largest absolute Gasteiger partial charge is 0.496 e. The monoisotopic (exact) mass is 361 g/mol. The maximum absolute atomic E-state index is 12.6. The lowest BCUT2D eigenvalue weighted by Crippen LogP contribution is -2.39. The molecule has 1 fully saturated rings. The van der Waals surface area contributed by atoms with Gasteiger partial charge >= 0.3 is 0 Å². The fourth-order valence-corrected chi connectivity index (χ4v) is 3.42. The van der Waals surface area contributed by atoms with Crippen LogP contribution in [0.1, 0.15) is 31.9 Å². The van der Waals surface area contributed by atoms with Gasteiger partial charge in [0, 0.05) is 31.6 Å². The molecule has 0 unspecified atom stereocenters. The highest BCUT2D eigenvalue weighted by Crippen LogP contribution is 2.27. The molecule has 1 aliphatic rings. The Morgan fingerprint density at radius 1 is 1.35 bits per heavy atom. The van der Waals surface area contributed by atoms with Crippen LogP contribution in [-0.4, -0.2) is 62.5 Å². The molecule has 144 valence electrons. The van der Waals surface area contributed by atoms with Crippen LogP contribution in [0.5, 0.6) is 5.75 Å². The van der Waals surface area contributed by atoms with Crippen LogP contribution in [0.25, 0.3) is 0 Å². The molecule has 2 atom stereocenters. The fourth-order valence-electron chi connectivity index (χ4n) is 3.42. The van der Waals surface area contributed by atoms with Gasteiger partial charge in [-0.1, -0.05) is 32.0 Å². The lowest BCUT2D eigenvalue weighted by atomic mass is 10.0. The van der Waals surface area contributed by atoms with Crippen molar-refractivity contribution in [3.63, 3.8) is 0 Å².